The molecule has 66 valence electrons. The average molecular weight is 187 g/mol. The molecule has 1 aromatic rings. The van der Waals surface area contributed by atoms with Crippen molar-refractivity contribution in [3.05, 3.63) is 10.5 Å². The van der Waals surface area contributed by atoms with Crippen molar-refractivity contribution in [1.29, 1.82) is 0 Å². The fourth-order valence-corrected chi connectivity index (χ4v) is 1.31. The maximum Gasteiger partial charge on any atom is 0.374 e. The van der Waals surface area contributed by atoms with E-state index in [0.29, 0.717) is 5.16 Å². The van der Waals surface area contributed by atoms with Crippen molar-refractivity contribution in [2.75, 3.05) is 13.4 Å². The Kier molecular flexibility index (Phi) is 2.69. The van der Waals surface area contributed by atoms with Crippen LogP contribution in [0.5, 0.6) is 6.01 Å². The van der Waals surface area contributed by atoms with Gasteiger partial charge in [0.2, 0.25) is 0 Å². The number of hydrogen-bond acceptors (Lipinski definition) is 5. The van der Waals surface area contributed by atoms with Gasteiger partial charge in [-0.15, -0.1) is 4.98 Å². The quantitative estimate of drug-likeness (QED) is 0.605. The molecule has 0 unspecified atom stereocenters. The van der Waals surface area contributed by atoms with Crippen molar-refractivity contribution in [3.8, 4) is 6.01 Å². The van der Waals surface area contributed by atoms with Crippen LogP contribution in [-0.2, 0) is 7.05 Å². The van der Waals surface area contributed by atoms with Gasteiger partial charge < -0.3 is 4.74 Å². The molecule has 0 saturated heterocycles. The molecule has 0 spiro atoms. The smallest absolute Gasteiger partial charge is 0.374 e. The first-order chi connectivity index (χ1) is 5.69. The standard InChI is InChI=1S/C6H9N3O2S/c1-9-5(11-2)7-4(10)8-6(9)12-3/h1-3H3. The number of methoxy groups -OCH3 is 1. The fraction of sp³-hybridized carbons (Fsp3) is 0.500. The topological polar surface area (TPSA) is 57.0 Å². The maximum absolute atomic E-state index is 10.9. The van der Waals surface area contributed by atoms with Gasteiger partial charge >= 0.3 is 11.7 Å². The van der Waals surface area contributed by atoms with E-state index in [1.54, 1.807) is 11.6 Å². The minimum atomic E-state index is -0.519. The molecule has 0 aliphatic rings. The van der Waals surface area contributed by atoms with Gasteiger partial charge in [0.25, 0.3) is 0 Å². The van der Waals surface area contributed by atoms with Gasteiger partial charge in [-0.1, -0.05) is 11.8 Å². The minimum absolute atomic E-state index is 0.277. The molecule has 6 heteroatoms. The molecule has 0 amide bonds. The molecular weight excluding hydrogens is 178 g/mol. The third-order valence-corrected chi connectivity index (χ3v) is 2.05. The second-order valence-electron chi connectivity index (χ2n) is 2.04. The molecule has 0 bridgehead atoms. The molecule has 0 aliphatic heterocycles. The summed E-state index contributed by atoms with van der Waals surface area (Å²) in [7, 11) is 3.20. The molecule has 0 fully saturated rings. The summed E-state index contributed by atoms with van der Waals surface area (Å²) < 4.78 is 6.48. The highest BCUT2D eigenvalue weighted by atomic mass is 32.2. The van der Waals surface area contributed by atoms with Crippen molar-refractivity contribution in [2.24, 2.45) is 7.05 Å². The summed E-state index contributed by atoms with van der Waals surface area (Å²) >= 11 is 1.37. The van der Waals surface area contributed by atoms with Gasteiger partial charge in [0.05, 0.1) is 7.11 Å². The molecule has 0 atom stereocenters. The summed E-state index contributed by atoms with van der Waals surface area (Å²) in [6, 6.07) is 0.277. The summed E-state index contributed by atoms with van der Waals surface area (Å²) in [5, 5.41) is 0.590. The van der Waals surface area contributed by atoms with Crippen molar-refractivity contribution in [2.45, 2.75) is 5.16 Å². The van der Waals surface area contributed by atoms with Gasteiger partial charge in [-0.05, 0) is 6.26 Å². The Balaban J connectivity index is 3.32. The van der Waals surface area contributed by atoms with Crippen LogP contribution < -0.4 is 10.4 Å². The molecule has 0 N–H and O–H groups in total. The maximum atomic E-state index is 10.9. The summed E-state index contributed by atoms with van der Waals surface area (Å²) in [4.78, 5) is 18.1. The monoisotopic (exact) mass is 187 g/mol. The lowest BCUT2D eigenvalue weighted by Crippen LogP contribution is -2.18. The van der Waals surface area contributed by atoms with Crippen molar-refractivity contribution in [1.82, 2.24) is 14.5 Å². The van der Waals surface area contributed by atoms with E-state index < -0.39 is 5.69 Å². The van der Waals surface area contributed by atoms with Gasteiger partial charge in [-0.25, -0.2) is 4.79 Å². The van der Waals surface area contributed by atoms with Gasteiger partial charge in [0, 0.05) is 7.05 Å². The summed E-state index contributed by atoms with van der Waals surface area (Å²) in [5.41, 5.74) is -0.519. The lowest BCUT2D eigenvalue weighted by atomic mass is 10.9. The van der Waals surface area contributed by atoms with Crippen LogP contribution in [0, 0.1) is 0 Å². The molecule has 0 aliphatic carbocycles. The van der Waals surface area contributed by atoms with Gasteiger partial charge in [0.1, 0.15) is 0 Å². The number of hydrogen-bond donors (Lipinski definition) is 0. The Bertz CT molecular complexity index is 308. The van der Waals surface area contributed by atoms with Crippen LogP contribution >= 0.6 is 11.8 Å². The van der Waals surface area contributed by atoms with Crippen molar-refractivity contribution in [3.63, 3.8) is 0 Å². The number of nitrogens with zero attached hydrogens (tertiary/aromatic N) is 3. The molecule has 0 aromatic carbocycles. The van der Waals surface area contributed by atoms with E-state index in [4.69, 9.17) is 4.74 Å². The second kappa shape index (κ2) is 3.57. The van der Waals surface area contributed by atoms with Crippen LogP contribution in [0.1, 0.15) is 0 Å². The Morgan fingerprint density at radius 1 is 1.50 bits per heavy atom. The van der Waals surface area contributed by atoms with E-state index in [1.165, 1.54) is 18.9 Å². The highest BCUT2D eigenvalue weighted by Crippen LogP contribution is 2.12. The van der Waals surface area contributed by atoms with Crippen LogP contribution in [0.15, 0.2) is 9.95 Å². The van der Waals surface area contributed by atoms with Gasteiger partial charge in [-0.3, -0.25) is 4.57 Å². The number of rotatable bonds is 2. The minimum Gasteiger partial charge on any atom is -0.468 e. The van der Waals surface area contributed by atoms with Crippen molar-refractivity contribution >= 4 is 11.8 Å². The highest BCUT2D eigenvalue weighted by Gasteiger charge is 2.05. The first-order valence-electron chi connectivity index (χ1n) is 3.22. The Labute approximate surface area is 73.8 Å². The molecular formula is C6H9N3O2S. The Hall–Kier alpha value is -1.04. The molecule has 1 aromatic heterocycles. The van der Waals surface area contributed by atoms with Crippen LogP contribution in [-0.4, -0.2) is 27.9 Å². The van der Waals surface area contributed by atoms with Crippen LogP contribution in [0.25, 0.3) is 0 Å². The van der Waals surface area contributed by atoms with Crippen LogP contribution in [0.2, 0.25) is 0 Å². The zero-order chi connectivity index (χ0) is 9.14. The average Bonchev–Trinajstić information content (AvgIpc) is 2.08. The van der Waals surface area contributed by atoms with E-state index in [0.717, 1.165) is 0 Å². The first kappa shape index (κ1) is 9.05. The van der Waals surface area contributed by atoms with Gasteiger partial charge in [0.15, 0.2) is 5.16 Å². The third-order valence-electron chi connectivity index (χ3n) is 1.32. The number of ether oxygens (including phenoxy) is 1. The van der Waals surface area contributed by atoms with Gasteiger partial charge in [-0.2, -0.15) is 4.98 Å². The largest absolute Gasteiger partial charge is 0.468 e. The molecule has 1 heterocycles. The normalized spacial score (nSPS) is 9.92. The summed E-state index contributed by atoms with van der Waals surface area (Å²) in [6.07, 6.45) is 1.83. The van der Waals surface area contributed by atoms with E-state index in [1.807, 2.05) is 6.26 Å². The predicted octanol–water partition coefficient (Wildman–Crippen LogP) is -0.0942. The molecule has 12 heavy (non-hydrogen) atoms. The molecule has 5 nitrogen and oxygen atoms in total. The zero-order valence-corrected chi connectivity index (χ0v) is 7.88. The summed E-state index contributed by atoms with van der Waals surface area (Å²) in [6.45, 7) is 0. The zero-order valence-electron chi connectivity index (χ0n) is 7.07. The SMILES string of the molecule is COc1nc(=O)nc(SC)n1C. The first-order valence-corrected chi connectivity index (χ1v) is 4.44. The predicted molar refractivity (Wildman–Crippen MR) is 45.6 cm³/mol. The highest BCUT2D eigenvalue weighted by molar-refractivity contribution is 7.98. The summed E-state index contributed by atoms with van der Waals surface area (Å²) in [5.74, 6) is 0. The fourth-order valence-electron chi connectivity index (χ4n) is 0.786. The van der Waals surface area contributed by atoms with E-state index >= 15 is 0 Å². The van der Waals surface area contributed by atoms with E-state index in [-0.39, 0.29) is 6.01 Å². The number of thioether (sulfide) groups is 1. The van der Waals surface area contributed by atoms with E-state index in [9.17, 15) is 4.79 Å². The molecule has 0 saturated carbocycles. The van der Waals surface area contributed by atoms with Crippen molar-refractivity contribution < 1.29 is 4.74 Å². The Morgan fingerprint density at radius 3 is 2.67 bits per heavy atom. The number of aromatic nitrogens is 3. The van der Waals surface area contributed by atoms with E-state index in [2.05, 4.69) is 9.97 Å². The van der Waals surface area contributed by atoms with Crippen LogP contribution in [0.3, 0.4) is 0 Å². The Morgan fingerprint density at radius 2 is 2.17 bits per heavy atom. The molecule has 1 rings (SSSR count). The third kappa shape index (κ3) is 1.58. The lowest BCUT2D eigenvalue weighted by molar-refractivity contribution is 0.344. The second-order valence-corrected chi connectivity index (χ2v) is 2.81. The lowest BCUT2D eigenvalue weighted by Gasteiger charge is -2.07. The van der Waals surface area contributed by atoms with Crippen LogP contribution in [0.4, 0.5) is 0 Å². The molecule has 0 radical (unpaired) electrons.